The number of nitrogens with zero attached hydrogens (tertiary/aromatic N) is 1. The quantitative estimate of drug-likeness (QED) is 0.372. The molecule has 1 aromatic heterocycles. The lowest BCUT2D eigenvalue weighted by atomic mass is 10.1. The van der Waals surface area contributed by atoms with E-state index >= 15 is 0 Å². The Hall–Kier alpha value is -2.64. The van der Waals surface area contributed by atoms with Crippen molar-refractivity contribution in [2.24, 2.45) is 0 Å². The van der Waals surface area contributed by atoms with E-state index in [0.717, 1.165) is 12.1 Å². The Labute approximate surface area is 103 Å². The first-order valence-corrected chi connectivity index (χ1v) is 4.83. The molecule has 0 atom stereocenters. The Balaban J connectivity index is 2.78. The molecule has 1 heterocycles. The minimum absolute atomic E-state index is 0.167. The summed E-state index contributed by atoms with van der Waals surface area (Å²) in [6, 6.07) is 2.33. The van der Waals surface area contributed by atoms with Crippen molar-refractivity contribution in [1.29, 1.82) is 0 Å². The van der Waals surface area contributed by atoms with Gasteiger partial charge in [-0.15, -0.1) is 0 Å². The molecular weight excluding hydrogens is 267 g/mol. The molecule has 19 heavy (non-hydrogen) atoms. The molecule has 98 valence electrons. The van der Waals surface area contributed by atoms with Crippen LogP contribution in [0.5, 0.6) is 0 Å². The standard InChI is InChI=1S/C11H4F3NO4/c12-6-3-7(13)10(14)11(15(17)18)9(6)8-2-1-5(4-16)19-8/h1-4H. The summed E-state index contributed by atoms with van der Waals surface area (Å²) in [5.74, 6) is -5.52. The summed E-state index contributed by atoms with van der Waals surface area (Å²) in [6.45, 7) is 0. The first-order valence-electron chi connectivity index (χ1n) is 4.83. The van der Waals surface area contributed by atoms with Gasteiger partial charge in [-0.3, -0.25) is 14.9 Å². The first-order chi connectivity index (χ1) is 8.95. The van der Waals surface area contributed by atoms with Crippen molar-refractivity contribution in [3.05, 3.63) is 51.5 Å². The monoisotopic (exact) mass is 271 g/mol. The van der Waals surface area contributed by atoms with Crippen LogP contribution in [0.4, 0.5) is 18.9 Å². The molecule has 0 aliphatic rings. The SMILES string of the molecule is O=Cc1ccc(-c2c(F)cc(F)c(F)c2[N+](=O)[O-])o1. The second-order valence-electron chi connectivity index (χ2n) is 3.45. The summed E-state index contributed by atoms with van der Waals surface area (Å²) >= 11 is 0. The number of furan rings is 1. The topological polar surface area (TPSA) is 73.3 Å². The molecule has 0 radical (unpaired) electrons. The molecule has 2 rings (SSSR count). The molecule has 0 aliphatic heterocycles. The molecule has 8 heteroatoms. The van der Waals surface area contributed by atoms with Gasteiger partial charge in [-0.25, -0.2) is 8.78 Å². The zero-order valence-electron chi connectivity index (χ0n) is 9.02. The fourth-order valence-electron chi connectivity index (χ4n) is 1.54. The second-order valence-corrected chi connectivity index (χ2v) is 3.45. The number of hydrogen-bond acceptors (Lipinski definition) is 4. The number of hydrogen-bond donors (Lipinski definition) is 0. The Bertz CT molecular complexity index is 681. The highest BCUT2D eigenvalue weighted by Crippen LogP contribution is 2.36. The lowest BCUT2D eigenvalue weighted by Crippen LogP contribution is -2.01. The molecule has 2 aromatic rings. The Morgan fingerprint density at radius 3 is 2.42 bits per heavy atom. The van der Waals surface area contributed by atoms with Crippen LogP contribution in [0.1, 0.15) is 10.6 Å². The van der Waals surface area contributed by atoms with Crippen molar-refractivity contribution >= 4 is 12.0 Å². The van der Waals surface area contributed by atoms with Crippen molar-refractivity contribution in [3.8, 4) is 11.3 Å². The molecule has 0 fully saturated rings. The molecule has 0 saturated heterocycles. The van der Waals surface area contributed by atoms with E-state index in [2.05, 4.69) is 0 Å². The average Bonchev–Trinajstić information content (AvgIpc) is 2.81. The molecule has 0 bridgehead atoms. The summed E-state index contributed by atoms with van der Waals surface area (Å²) in [5.41, 5.74) is -2.23. The normalized spacial score (nSPS) is 10.5. The Morgan fingerprint density at radius 1 is 1.21 bits per heavy atom. The van der Waals surface area contributed by atoms with Gasteiger partial charge in [-0.2, -0.15) is 4.39 Å². The maximum atomic E-state index is 13.6. The minimum atomic E-state index is -1.80. The van der Waals surface area contributed by atoms with Crippen LogP contribution >= 0.6 is 0 Å². The van der Waals surface area contributed by atoms with Gasteiger partial charge in [0.25, 0.3) is 0 Å². The van der Waals surface area contributed by atoms with Gasteiger partial charge >= 0.3 is 5.69 Å². The zero-order valence-corrected chi connectivity index (χ0v) is 9.02. The van der Waals surface area contributed by atoms with Gasteiger partial charge in [-0.05, 0) is 12.1 Å². The molecule has 5 nitrogen and oxygen atoms in total. The van der Waals surface area contributed by atoms with E-state index in [9.17, 15) is 28.1 Å². The number of rotatable bonds is 3. The van der Waals surface area contributed by atoms with E-state index in [1.807, 2.05) is 0 Å². The smallest absolute Gasteiger partial charge is 0.321 e. The van der Waals surface area contributed by atoms with Crippen LogP contribution in [-0.2, 0) is 0 Å². The van der Waals surface area contributed by atoms with Crippen molar-refractivity contribution in [2.75, 3.05) is 0 Å². The first kappa shape index (κ1) is 12.8. The number of halogens is 3. The second kappa shape index (κ2) is 4.56. The van der Waals surface area contributed by atoms with Gasteiger partial charge in [0.05, 0.1) is 4.92 Å². The maximum absolute atomic E-state index is 13.6. The molecular formula is C11H4F3NO4. The van der Waals surface area contributed by atoms with Crippen LogP contribution in [0.2, 0.25) is 0 Å². The average molecular weight is 271 g/mol. The van der Waals surface area contributed by atoms with Gasteiger partial charge in [0.1, 0.15) is 17.1 Å². The van der Waals surface area contributed by atoms with Gasteiger partial charge < -0.3 is 4.42 Å². The third kappa shape index (κ3) is 2.07. The van der Waals surface area contributed by atoms with E-state index in [1.54, 1.807) is 0 Å². The van der Waals surface area contributed by atoms with Crippen LogP contribution in [0.3, 0.4) is 0 Å². The molecule has 0 unspecified atom stereocenters. The number of carbonyl (C=O) groups excluding carboxylic acids is 1. The molecule has 1 aromatic carbocycles. The highest BCUT2D eigenvalue weighted by molar-refractivity contribution is 5.76. The third-order valence-corrected chi connectivity index (χ3v) is 2.32. The largest absolute Gasteiger partial charge is 0.453 e. The highest BCUT2D eigenvalue weighted by atomic mass is 19.2. The minimum Gasteiger partial charge on any atom is -0.453 e. The number of aldehydes is 1. The molecule has 0 spiro atoms. The van der Waals surface area contributed by atoms with Gasteiger partial charge in [0.2, 0.25) is 5.82 Å². The molecule has 0 saturated carbocycles. The van der Waals surface area contributed by atoms with E-state index in [4.69, 9.17) is 4.42 Å². The summed E-state index contributed by atoms with van der Waals surface area (Å²) in [5, 5.41) is 10.7. The predicted molar refractivity (Wildman–Crippen MR) is 56.1 cm³/mol. The van der Waals surface area contributed by atoms with E-state index in [0.29, 0.717) is 0 Å². The van der Waals surface area contributed by atoms with E-state index in [1.165, 1.54) is 0 Å². The molecule has 0 N–H and O–H groups in total. The van der Waals surface area contributed by atoms with E-state index < -0.39 is 39.4 Å². The summed E-state index contributed by atoms with van der Waals surface area (Å²) < 4.78 is 44.7. The predicted octanol–water partition coefficient (Wildman–Crippen LogP) is 3.08. The lowest BCUT2D eigenvalue weighted by Gasteiger charge is -2.03. The molecule has 0 aliphatic carbocycles. The van der Waals surface area contributed by atoms with Crippen LogP contribution < -0.4 is 0 Å². The number of carbonyl (C=O) groups is 1. The van der Waals surface area contributed by atoms with Crippen LogP contribution in [0.15, 0.2) is 22.6 Å². The fourth-order valence-corrected chi connectivity index (χ4v) is 1.54. The van der Waals surface area contributed by atoms with Crippen LogP contribution in [0, 0.1) is 27.6 Å². The van der Waals surface area contributed by atoms with Crippen molar-refractivity contribution in [1.82, 2.24) is 0 Å². The van der Waals surface area contributed by atoms with Crippen molar-refractivity contribution in [3.63, 3.8) is 0 Å². The van der Waals surface area contributed by atoms with Gasteiger partial charge in [0.15, 0.2) is 17.9 Å². The number of nitro benzene ring substituents is 1. The van der Waals surface area contributed by atoms with Crippen LogP contribution in [-0.4, -0.2) is 11.2 Å². The third-order valence-electron chi connectivity index (χ3n) is 2.32. The number of benzene rings is 1. The lowest BCUT2D eigenvalue weighted by molar-refractivity contribution is -0.387. The van der Waals surface area contributed by atoms with E-state index in [-0.39, 0.29) is 18.1 Å². The Kier molecular flexibility index (Phi) is 3.07. The summed E-state index contributed by atoms with van der Waals surface area (Å²) in [4.78, 5) is 19.9. The fraction of sp³-hybridized carbons (Fsp3) is 0. The highest BCUT2D eigenvalue weighted by Gasteiger charge is 2.30. The summed E-state index contributed by atoms with van der Waals surface area (Å²) in [6.07, 6.45) is 0.285. The van der Waals surface area contributed by atoms with Crippen molar-refractivity contribution < 1.29 is 27.3 Å². The Morgan fingerprint density at radius 2 is 1.89 bits per heavy atom. The maximum Gasteiger partial charge on any atom is 0.321 e. The van der Waals surface area contributed by atoms with Crippen LogP contribution in [0.25, 0.3) is 11.3 Å². The van der Waals surface area contributed by atoms with Gasteiger partial charge in [0, 0.05) is 6.07 Å². The van der Waals surface area contributed by atoms with Gasteiger partial charge in [-0.1, -0.05) is 0 Å². The summed E-state index contributed by atoms with van der Waals surface area (Å²) in [7, 11) is 0. The molecule has 0 amide bonds. The zero-order chi connectivity index (χ0) is 14.2. The number of nitro groups is 1. The van der Waals surface area contributed by atoms with Crippen molar-refractivity contribution in [2.45, 2.75) is 0 Å².